The van der Waals surface area contributed by atoms with Gasteiger partial charge in [-0.2, -0.15) is 0 Å². The van der Waals surface area contributed by atoms with Crippen LogP contribution in [0, 0.1) is 5.92 Å². The molecule has 0 bridgehead atoms. The molecule has 2 aromatic rings. The molecule has 4 rings (SSSR count). The molecule has 1 aliphatic heterocycles. The van der Waals surface area contributed by atoms with Crippen LogP contribution >= 0.6 is 0 Å². The van der Waals surface area contributed by atoms with E-state index in [2.05, 4.69) is 17.4 Å². The van der Waals surface area contributed by atoms with E-state index in [9.17, 15) is 4.79 Å². The fraction of sp³-hybridized carbons (Fsp3) is 0.350. The average molecular weight is 338 g/mol. The number of nitrogens with one attached hydrogen (secondary N) is 1. The molecular weight excluding hydrogens is 316 g/mol. The number of nitrogens with two attached hydrogens (primary N) is 1. The van der Waals surface area contributed by atoms with Gasteiger partial charge < -0.3 is 20.5 Å². The van der Waals surface area contributed by atoms with Gasteiger partial charge >= 0.3 is 0 Å². The molecule has 1 aliphatic carbocycles. The number of benzene rings is 2. The minimum absolute atomic E-state index is 0.271. The predicted octanol–water partition coefficient (Wildman–Crippen LogP) is 2.80. The van der Waals surface area contributed by atoms with Crippen LogP contribution in [0.1, 0.15) is 40.4 Å². The lowest BCUT2D eigenvalue weighted by Crippen LogP contribution is -2.23. The van der Waals surface area contributed by atoms with E-state index in [-0.39, 0.29) is 6.04 Å². The van der Waals surface area contributed by atoms with Gasteiger partial charge in [0.05, 0.1) is 0 Å². The van der Waals surface area contributed by atoms with E-state index in [0.29, 0.717) is 31.2 Å². The molecule has 1 amide bonds. The summed E-state index contributed by atoms with van der Waals surface area (Å²) in [5.41, 5.74) is 8.19. The van der Waals surface area contributed by atoms with Gasteiger partial charge in [0.25, 0.3) is 0 Å². The monoisotopic (exact) mass is 338 g/mol. The highest BCUT2D eigenvalue weighted by Crippen LogP contribution is 2.43. The van der Waals surface area contributed by atoms with Crippen molar-refractivity contribution in [3.8, 4) is 11.5 Å². The summed E-state index contributed by atoms with van der Waals surface area (Å²) in [5, 5.41) is 3.64. The molecule has 5 nitrogen and oxygen atoms in total. The lowest BCUT2D eigenvalue weighted by molar-refractivity contribution is 0.1000. The summed E-state index contributed by atoms with van der Waals surface area (Å²) in [6, 6.07) is 13.9. The number of primary amides is 1. The predicted molar refractivity (Wildman–Crippen MR) is 94.7 cm³/mol. The van der Waals surface area contributed by atoms with Crippen molar-refractivity contribution in [2.75, 3.05) is 13.2 Å². The number of carbonyl (C=O) groups excluding carboxylic acids is 1. The van der Waals surface area contributed by atoms with E-state index >= 15 is 0 Å². The first-order valence-corrected chi connectivity index (χ1v) is 8.72. The summed E-state index contributed by atoms with van der Waals surface area (Å²) < 4.78 is 11.3. The Hall–Kier alpha value is -2.53. The number of carbonyl (C=O) groups is 1. The van der Waals surface area contributed by atoms with Crippen molar-refractivity contribution in [1.29, 1.82) is 0 Å². The molecule has 3 N–H and O–H groups in total. The first-order valence-electron chi connectivity index (χ1n) is 8.72. The smallest absolute Gasteiger partial charge is 0.248 e. The Morgan fingerprint density at radius 3 is 2.68 bits per heavy atom. The number of fused-ring (bicyclic) bond motifs is 1. The maximum absolute atomic E-state index is 11.3. The summed E-state index contributed by atoms with van der Waals surface area (Å²) in [4.78, 5) is 11.3. The number of hydrogen-bond donors (Lipinski definition) is 2. The zero-order valence-electron chi connectivity index (χ0n) is 14.0. The lowest BCUT2D eigenvalue weighted by Gasteiger charge is -2.23. The van der Waals surface area contributed by atoms with Crippen molar-refractivity contribution in [1.82, 2.24) is 5.32 Å². The van der Waals surface area contributed by atoms with E-state index in [1.54, 1.807) is 6.07 Å². The molecule has 1 saturated carbocycles. The van der Waals surface area contributed by atoms with Crippen LogP contribution in [0.25, 0.3) is 0 Å². The third-order valence-electron chi connectivity index (χ3n) is 4.76. The van der Waals surface area contributed by atoms with E-state index in [4.69, 9.17) is 15.2 Å². The Bertz CT molecular complexity index is 786. The summed E-state index contributed by atoms with van der Waals surface area (Å²) in [6.07, 6.45) is 2.46. The highest BCUT2D eigenvalue weighted by Gasteiger charge is 2.32. The van der Waals surface area contributed by atoms with Crippen molar-refractivity contribution in [3.05, 3.63) is 59.2 Å². The highest BCUT2D eigenvalue weighted by molar-refractivity contribution is 5.92. The minimum atomic E-state index is -0.396. The van der Waals surface area contributed by atoms with Gasteiger partial charge in [0.1, 0.15) is 13.2 Å². The zero-order chi connectivity index (χ0) is 17.2. The van der Waals surface area contributed by atoms with Crippen LogP contribution in [-0.2, 0) is 6.54 Å². The van der Waals surface area contributed by atoms with E-state index in [0.717, 1.165) is 17.1 Å². The van der Waals surface area contributed by atoms with Gasteiger partial charge in [-0.1, -0.05) is 18.2 Å². The number of ether oxygens (including phenoxy) is 2. The zero-order valence-corrected chi connectivity index (χ0v) is 14.0. The van der Waals surface area contributed by atoms with E-state index < -0.39 is 5.91 Å². The third kappa shape index (κ3) is 3.61. The average Bonchev–Trinajstić information content (AvgIpc) is 3.47. The molecule has 2 aromatic carbocycles. The van der Waals surface area contributed by atoms with E-state index in [1.807, 2.05) is 24.3 Å². The normalized spacial score (nSPS) is 17.1. The van der Waals surface area contributed by atoms with Gasteiger partial charge in [-0.15, -0.1) is 0 Å². The molecule has 2 aliphatic rings. The second-order valence-corrected chi connectivity index (χ2v) is 6.66. The Kier molecular flexibility index (Phi) is 4.32. The molecular formula is C20H22N2O3. The summed E-state index contributed by atoms with van der Waals surface area (Å²) in [7, 11) is 0. The van der Waals surface area contributed by atoms with Crippen LogP contribution < -0.4 is 20.5 Å². The molecule has 0 aromatic heterocycles. The summed E-state index contributed by atoms with van der Waals surface area (Å²) in [5.74, 6) is 1.89. The van der Waals surface area contributed by atoms with Crippen LogP contribution in [0.15, 0.2) is 42.5 Å². The van der Waals surface area contributed by atoms with Gasteiger partial charge in [-0.05, 0) is 54.2 Å². The molecule has 25 heavy (non-hydrogen) atoms. The second-order valence-electron chi connectivity index (χ2n) is 6.66. The molecule has 0 radical (unpaired) electrons. The molecule has 1 unspecified atom stereocenters. The van der Waals surface area contributed by atoms with Gasteiger partial charge in [0, 0.05) is 18.2 Å². The van der Waals surface area contributed by atoms with Gasteiger partial charge in [0.15, 0.2) is 11.5 Å². The van der Waals surface area contributed by atoms with Gasteiger partial charge in [-0.3, -0.25) is 4.79 Å². The maximum Gasteiger partial charge on any atom is 0.248 e. The SMILES string of the molecule is NC(=O)c1cccc(CNC(c2ccc3c(c2)OCCO3)C2CC2)c1. The largest absolute Gasteiger partial charge is 0.486 e. The van der Waals surface area contributed by atoms with Crippen LogP contribution in [-0.4, -0.2) is 19.1 Å². The Morgan fingerprint density at radius 1 is 1.12 bits per heavy atom. The maximum atomic E-state index is 11.3. The van der Waals surface area contributed by atoms with Crippen LogP contribution in [0.4, 0.5) is 0 Å². The fourth-order valence-corrected chi connectivity index (χ4v) is 3.30. The molecule has 1 atom stereocenters. The van der Waals surface area contributed by atoms with Gasteiger partial charge in [-0.25, -0.2) is 0 Å². The Labute approximate surface area is 147 Å². The molecule has 5 heteroatoms. The van der Waals surface area contributed by atoms with Crippen LogP contribution in [0.5, 0.6) is 11.5 Å². The van der Waals surface area contributed by atoms with Crippen molar-refractivity contribution in [2.24, 2.45) is 11.7 Å². The quantitative estimate of drug-likeness (QED) is 0.849. The van der Waals surface area contributed by atoms with Gasteiger partial charge in [0.2, 0.25) is 5.91 Å². The second kappa shape index (κ2) is 6.76. The molecule has 130 valence electrons. The molecule has 0 saturated heterocycles. The number of rotatable bonds is 6. The first kappa shape index (κ1) is 16.0. The minimum Gasteiger partial charge on any atom is -0.486 e. The fourth-order valence-electron chi connectivity index (χ4n) is 3.30. The van der Waals surface area contributed by atoms with Crippen LogP contribution in [0.3, 0.4) is 0 Å². The third-order valence-corrected chi connectivity index (χ3v) is 4.76. The molecule has 0 spiro atoms. The highest BCUT2D eigenvalue weighted by atomic mass is 16.6. The topological polar surface area (TPSA) is 73.6 Å². The van der Waals surface area contributed by atoms with E-state index in [1.165, 1.54) is 18.4 Å². The van der Waals surface area contributed by atoms with Crippen LogP contribution in [0.2, 0.25) is 0 Å². The Morgan fingerprint density at radius 2 is 1.92 bits per heavy atom. The summed E-state index contributed by atoms with van der Waals surface area (Å²) in [6.45, 7) is 1.89. The Balaban J connectivity index is 1.50. The lowest BCUT2D eigenvalue weighted by atomic mass is 10.0. The molecule has 1 fully saturated rings. The van der Waals surface area contributed by atoms with Crippen molar-refractivity contribution in [2.45, 2.75) is 25.4 Å². The summed E-state index contributed by atoms with van der Waals surface area (Å²) >= 11 is 0. The number of hydrogen-bond acceptors (Lipinski definition) is 4. The van der Waals surface area contributed by atoms with Crippen molar-refractivity contribution < 1.29 is 14.3 Å². The van der Waals surface area contributed by atoms with Crippen molar-refractivity contribution >= 4 is 5.91 Å². The first-order chi connectivity index (χ1) is 12.2. The number of amides is 1. The van der Waals surface area contributed by atoms with Crippen molar-refractivity contribution in [3.63, 3.8) is 0 Å². The molecule has 1 heterocycles. The standard InChI is InChI=1S/C20H22N2O3/c21-20(23)16-3-1-2-13(10-16)12-22-19(14-4-5-14)15-6-7-17-18(11-15)25-9-8-24-17/h1-3,6-7,10-11,14,19,22H,4-5,8-9,12H2,(H2,21,23).